The number of phenols is 1. The second-order valence-electron chi connectivity index (χ2n) is 7.98. The van der Waals surface area contributed by atoms with Crippen LogP contribution < -0.4 is 25.4 Å². The van der Waals surface area contributed by atoms with Crippen LogP contribution in [0.1, 0.15) is 10.4 Å². The van der Waals surface area contributed by atoms with Gasteiger partial charge in [-0.25, -0.2) is 4.79 Å². The highest BCUT2D eigenvalue weighted by molar-refractivity contribution is 5.94. The molecule has 8 heteroatoms. The fourth-order valence-corrected chi connectivity index (χ4v) is 3.67. The normalized spacial score (nSPS) is 10.3. The van der Waals surface area contributed by atoms with Crippen molar-refractivity contribution in [1.82, 2.24) is 0 Å². The molecule has 0 unspecified atom stereocenters. The zero-order valence-electron chi connectivity index (χ0n) is 20.7. The SMILES string of the molecule is COc1c(-c2ccccc2)oc2c(OC)cccc2c1=O.Nc1ccc(C(=O)Oc2ccccc2)c(O)c1. The van der Waals surface area contributed by atoms with Crippen LogP contribution in [0.4, 0.5) is 5.69 Å². The second kappa shape index (κ2) is 11.7. The number of esters is 1. The summed E-state index contributed by atoms with van der Waals surface area (Å²) < 4.78 is 21.5. The number of phenolic OH excluding ortho intramolecular Hbond substituents is 1. The Labute approximate surface area is 218 Å². The van der Waals surface area contributed by atoms with Crippen LogP contribution in [0, 0.1) is 0 Å². The molecule has 3 N–H and O–H groups in total. The molecule has 0 fully saturated rings. The molecule has 0 aliphatic heterocycles. The number of nitrogens with two attached hydrogens (primary N) is 1. The van der Waals surface area contributed by atoms with E-state index in [9.17, 15) is 14.7 Å². The first kappa shape index (κ1) is 25.8. The lowest BCUT2D eigenvalue weighted by Crippen LogP contribution is -2.08. The minimum absolute atomic E-state index is 0.0862. The van der Waals surface area contributed by atoms with Crippen LogP contribution in [0.3, 0.4) is 0 Å². The van der Waals surface area contributed by atoms with Crippen molar-refractivity contribution in [2.24, 2.45) is 0 Å². The highest BCUT2D eigenvalue weighted by atomic mass is 16.5. The maximum Gasteiger partial charge on any atom is 0.347 e. The molecule has 0 atom stereocenters. The molecule has 0 radical (unpaired) electrons. The Morgan fingerprint density at radius 2 is 1.53 bits per heavy atom. The summed E-state index contributed by atoms with van der Waals surface area (Å²) in [6.07, 6.45) is 0. The lowest BCUT2D eigenvalue weighted by molar-refractivity contribution is 0.0731. The Morgan fingerprint density at radius 3 is 2.16 bits per heavy atom. The fourth-order valence-electron chi connectivity index (χ4n) is 3.67. The number of methoxy groups -OCH3 is 2. The Hall–Kier alpha value is -5.24. The molecule has 0 saturated carbocycles. The van der Waals surface area contributed by atoms with Crippen LogP contribution in [0.5, 0.6) is 23.0 Å². The van der Waals surface area contributed by atoms with Crippen molar-refractivity contribution in [2.45, 2.75) is 0 Å². The maximum absolute atomic E-state index is 12.6. The van der Waals surface area contributed by atoms with Crippen molar-refractivity contribution in [2.75, 3.05) is 20.0 Å². The van der Waals surface area contributed by atoms with Crippen molar-refractivity contribution < 1.29 is 28.5 Å². The van der Waals surface area contributed by atoms with Crippen LogP contribution in [0.2, 0.25) is 0 Å². The number of ether oxygens (including phenoxy) is 3. The van der Waals surface area contributed by atoms with Gasteiger partial charge < -0.3 is 29.5 Å². The molecule has 192 valence electrons. The summed E-state index contributed by atoms with van der Waals surface area (Å²) in [6.45, 7) is 0. The van der Waals surface area contributed by atoms with Crippen molar-refractivity contribution >= 4 is 22.6 Å². The number of aromatic hydroxyl groups is 1. The average Bonchev–Trinajstić information content (AvgIpc) is 2.94. The predicted octanol–water partition coefficient (Wildman–Crippen LogP) is 5.67. The largest absolute Gasteiger partial charge is 0.507 e. The van der Waals surface area contributed by atoms with E-state index in [1.54, 1.807) is 49.6 Å². The quantitative estimate of drug-likeness (QED) is 0.176. The zero-order valence-corrected chi connectivity index (χ0v) is 20.7. The standard InChI is InChI=1S/C17H14O4.C13H11NO3/c1-19-13-10-6-9-12-14(18)17(20-2)15(21-16(12)13)11-7-4-3-5-8-11;14-9-6-7-11(12(15)8-9)13(16)17-10-4-2-1-3-5-10/h3-10H,1-2H3;1-8,15H,14H2. The molecule has 38 heavy (non-hydrogen) atoms. The summed E-state index contributed by atoms with van der Waals surface area (Å²) in [6, 6.07) is 27.5. The van der Waals surface area contributed by atoms with Crippen molar-refractivity contribution in [3.8, 4) is 34.3 Å². The van der Waals surface area contributed by atoms with Gasteiger partial charge >= 0.3 is 5.97 Å². The van der Waals surface area contributed by atoms with Crippen LogP contribution in [-0.4, -0.2) is 25.3 Å². The third-order valence-electron chi connectivity index (χ3n) is 5.50. The number of benzene rings is 4. The number of hydrogen-bond donors (Lipinski definition) is 2. The van der Waals surface area contributed by atoms with Gasteiger partial charge in [-0.2, -0.15) is 0 Å². The Kier molecular flexibility index (Phi) is 7.93. The number of carbonyl (C=O) groups excluding carboxylic acids is 1. The molecule has 0 aliphatic carbocycles. The Bertz CT molecular complexity index is 1610. The molecule has 1 aromatic heterocycles. The van der Waals surface area contributed by atoms with E-state index in [4.69, 9.17) is 24.4 Å². The zero-order chi connectivity index (χ0) is 27.1. The van der Waals surface area contributed by atoms with Crippen LogP contribution in [0.25, 0.3) is 22.3 Å². The molecular formula is C30H25NO7. The van der Waals surface area contributed by atoms with Gasteiger partial charge in [0.2, 0.25) is 11.2 Å². The average molecular weight is 512 g/mol. The lowest BCUT2D eigenvalue weighted by Gasteiger charge is -2.10. The van der Waals surface area contributed by atoms with Gasteiger partial charge in [-0.05, 0) is 36.4 Å². The van der Waals surface area contributed by atoms with E-state index in [0.29, 0.717) is 33.9 Å². The molecule has 0 spiro atoms. The number of nitrogen functional groups attached to an aromatic ring is 1. The number of fused-ring (bicyclic) bond motifs is 1. The monoisotopic (exact) mass is 511 g/mol. The molecule has 0 amide bonds. The third-order valence-corrected chi connectivity index (χ3v) is 5.50. The highest BCUT2D eigenvalue weighted by Gasteiger charge is 2.18. The van der Waals surface area contributed by atoms with Crippen LogP contribution in [-0.2, 0) is 0 Å². The molecular weight excluding hydrogens is 486 g/mol. The molecule has 8 nitrogen and oxygen atoms in total. The molecule has 4 aromatic carbocycles. The van der Waals surface area contributed by atoms with E-state index in [0.717, 1.165) is 5.56 Å². The molecule has 0 saturated heterocycles. The summed E-state index contributed by atoms with van der Waals surface area (Å²) in [5.41, 5.74) is 6.93. The smallest absolute Gasteiger partial charge is 0.347 e. The number of hydrogen-bond acceptors (Lipinski definition) is 8. The number of anilines is 1. The van der Waals surface area contributed by atoms with Gasteiger partial charge in [-0.15, -0.1) is 0 Å². The van der Waals surface area contributed by atoms with Gasteiger partial charge in [0, 0.05) is 17.3 Å². The summed E-state index contributed by atoms with van der Waals surface area (Å²) >= 11 is 0. The maximum atomic E-state index is 12.6. The minimum atomic E-state index is -0.617. The summed E-state index contributed by atoms with van der Waals surface area (Å²) in [5.74, 6) is 0.736. The summed E-state index contributed by atoms with van der Waals surface area (Å²) in [7, 11) is 3.01. The molecule has 5 aromatic rings. The van der Waals surface area contributed by atoms with Crippen LogP contribution >= 0.6 is 0 Å². The summed E-state index contributed by atoms with van der Waals surface area (Å²) in [4.78, 5) is 24.3. The minimum Gasteiger partial charge on any atom is -0.507 e. The van der Waals surface area contributed by atoms with Gasteiger partial charge in [0.1, 0.15) is 17.1 Å². The van der Waals surface area contributed by atoms with E-state index in [2.05, 4.69) is 0 Å². The molecule has 0 aliphatic rings. The second-order valence-corrected chi connectivity index (χ2v) is 7.98. The van der Waals surface area contributed by atoms with E-state index >= 15 is 0 Å². The fraction of sp³-hybridized carbons (Fsp3) is 0.0667. The van der Waals surface area contributed by atoms with Crippen molar-refractivity contribution in [1.29, 1.82) is 0 Å². The van der Waals surface area contributed by atoms with Crippen LogP contribution in [0.15, 0.2) is 106 Å². The van der Waals surface area contributed by atoms with E-state index in [1.165, 1.54) is 25.3 Å². The molecule has 0 bridgehead atoms. The first-order valence-electron chi connectivity index (χ1n) is 11.5. The molecule has 1 heterocycles. The molecule has 5 rings (SSSR count). The van der Waals surface area contributed by atoms with Gasteiger partial charge in [0.05, 0.1) is 19.6 Å². The highest BCUT2D eigenvalue weighted by Crippen LogP contribution is 2.34. The van der Waals surface area contributed by atoms with Gasteiger partial charge in [0.25, 0.3) is 0 Å². The lowest BCUT2D eigenvalue weighted by atomic mass is 10.1. The van der Waals surface area contributed by atoms with Gasteiger partial charge in [0.15, 0.2) is 17.1 Å². The predicted molar refractivity (Wildman–Crippen MR) is 145 cm³/mol. The summed E-state index contributed by atoms with van der Waals surface area (Å²) in [5, 5.41) is 9.99. The van der Waals surface area contributed by atoms with Crippen molar-refractivity contribution in [3.05, 3.63) is 113 Å². The van der Waals surface area contributed by atoms with E-state index in [1.807, 2.05) is 36.4 Å². The van der Waals surface area contributed by atoms with E-state index in [-0.39, 0.29) is 22.5 Å². The Morgan fingerprint density at radius 1 is 0.842 bits per heavy atom. The van der Waals surface area contributed by atoms with E-state index < -0.39 is 5.97 Å². The third kappa shape index (κ3) is 5.60. The first-order chi connectivity index (χ1) is 18.4. The Balaban J connectivity index is 0.000000181. The van der Waals surface area contributed by atoms with Gasteiger partial charge in [-0.3, -0.25) is 4.79 Å². The number of rotatable bonds is 5. The van der Waals surface area contributed by atoms with Gasteiger partial charge in [-0.1, -0.05) is 54.6 Å². The number of para-hydroxylation sites is 2. The topological polar surface area (TPSA) is 121 Å². The number of carbonyl (C=O) groups is 1. The first-order valence-corrected chi connectivity index (χ1v) is 11.5. The van der Waals surface area contributed by atoms with Crippen molar-refractivity contribution in [3.63, 3.8) is 0 Å².